The summed E-state index contributed by atoms with van der Waals surface area (Å²) in [6.45, 7) is 7.39. The van der Waals surface area contributed by atoms with Gasteiger partial charge in [-0.25, -0.2) is 9.98 Å². The zero-order chi connectivity index (χ0) is 8.74. The van der Waals surface area contributed by atoms with Gasteiger partial charge < -0.3 is 7.16 Å². The van der Waals surface area contributed by atoms with E-state index in [0.29, 0.717) is 6.54 Å². The summed E-state index contributed by atoms with van der Waals surface area (Å²) in [4.78, 5) is 7.78. The summed E-state index contributed by atoms with van der Waals surface area (Å²) in [6, 6.07) is 2.60. The van der Waals surface area contributed by atoms with Crippen molar-refractivity contribution < 1.29 is 31.0 Å². The minimum absolute atomic E-state index is 0. The van der Waals surface area contributed by atoms with Crippen molar-refractivity contribution in [1.29, 1.82) is 0 Å². The Kier molecular flexibility index (Phi) is 15.9. The molecule has 2 N–H and O–H groups in total. The third-order valence-electron chi connectivity index (χ3n) is 1.17. The van der Waals surface area contributed by atoms with Gasteiger partial charge >= 0.3 is 29.6 Å². The second kappa shape index (κ2) is 10.7. The first-order valence-electron chi connectivity index (χ1n) is 3.93. The number of nitrogens with two attached hydrogens (primary N) is 1. The molecule has 5 heteroatoms. The number of rotatable bonds is 4. The Hall–Kier alpha value is 0.630. The van der Waals surface area contributed by atoms with Crippen molar-refractivity contribution >= 4 is 18.4 Å². The van der Waals surface area contributed by atoms with Crippen LogP contribution in [-0.4, -0.2) is 24.6 Å². The van der Waals surface area contributed by atoms with Crippen LogP contribution in [0, 0.1) is 0 Å². The summed E-state index contributed by atoms with van der Waals surface area (Å²) >= 11 is 0. The van der Waals surface area contributed by atoms with Crippen molar-refractivity contribution in [2.45, 2.75) is 32.7 Å². The SMILES string of the molecule is CCN=C=NCCC(C)(C)N.Cl.[H-].[Na+]. The van der Waals surface area contributed by atoms with E-state index in [0.717, 1.165) is 13.0 Å². The summed E-state index contributed by atoms with van der Waals surface area (Å²) in [5.74, 6) is 0. The molecule has 0 spiro atoms. The summed E-state index contributed by atoms with van der Waals surface area (Å²) in [7, 11) is 0. The molecule has 3 nitrogen and oxygen atoms in total. The van der Waals surface area contributed by atoms with E-state index in [4.69, 9.17) is 5.73 Å². The monoisotopic (exact) mass is 215 g/mol. The molecule has 0 radical (unpaired) electrons. The van der Waals surface area contributed by atoms with E-state index in [2.05, 4.69) is 16.0 Å². The molecule has 0 aromatic rings. The molecule has 0 unspecified atom stereocenters. The van der Waals surface area contributed by atoms with Crippen LogP contribution in [0.15, 0.2) is 9.98 Å². The van der Waals surface area contributed by atoms with E-state index < -0.39 is 0 Å². The van der Waals surface area contributed by atoms with Gasteiger partial charge in [0.15, 0.2) is 0 Å². The van der Waals surface area contributed by atoms with Gasteiger partial charge in [0.05, 0.1) is 12.6 Å². The average Bonchev–Trinajstić information content (AvgIpc) is 1.85. The third kappa shape index (κ3) is 19.2. The van der Waals surface area contributed by atoms with Crippen molar-refractivity contribution in [3.63, 3.8) is 0 Å². The minimum atomic E-state index is -0.128. The Morgan fingerprint density at radius 1 is 1.38 bits per heavy atom. The van der Waals surface area contributed by atoms with Gasteiger partial charge in [-0.1, -0.05) is 0 Å². The average molecular weight is 216 g/mol. The first kappa shape index (κ1) is 19.2. The predicted molar refractivity (Wildman–Crippen MR) is 56.5 cm³/mol. The van der Waals surface area contributed by atoms with E-state index in [1.807, 2.05) is 20.8 Å². The molecule has 0 saturated carbocycles. The van der Waals surface area contributed by atoms with E-state index in [9.17, 15) is 0 Å². The van der Waals surface area contributed by atoms with Crippen molar-refractivity contribution in [2.24, 2.45) is 15.7 Å². The van der Waals surface area contributed by atoms with Crippen LogP contribution in [0.1, 0.15) is 28.6 Å². The summed E-state index contributed by atoms with van der Waals surface area (Å²) in [6.07, 6.45) is 0.874. The zero-order valence-corrected chi connectivity index (χ0v) is 11.8. The number of nitrogens with zero attached hydrogens (tertiary/aromatic N) is 2. The fraction of sp³-hybridized carbons (Fsp3) is 0.875. The molecule has 0 amide bonds. The summed E-state index contributed by atoms with van der Waals surface area (Å²) in [5, 5.41) is 0. The quantitative estimate of drug-likeness (QED) is 0.467. The van der Waals surface area contributed by atoms with E-state index in [1.165, 1.54) is 0 Å². The van der Waals surface area contributed by atoms with Gasteiger partial charge in [0.25, 0.3) is 0 Å². The summed E-state index contributed by atoms with van der Waals surface area (Å²) < 4.78 is 0. The second-order valence-corrected chi connectivity index (χ2v) is 3.19. The van der Waals surface area contributed by atoms with Gasteiger partial charge in [-0.05, 0) is 27.2 Å². The minimum Gasteiger partial charge on any atom is -1.00 e. The van der Waals surface area contributed by atoms with Crippen LogP contribution < -0.4 is 35.3 Å². The van der Waals surface area contributed by atoms with Gasteiger partial charge in [-0.3, -0.25) is 0 Å². The molecular weight excluding hydrogens is 197 g/mol. The topological polar surface area (TPSA) is 50.7 Å². The molecule has 0 aliphatic carbocycles. The van der Waals surface area contributed by atoms with Gasteiger partial charge in [0.2, 0.25) is 0 Å². The zero-order valence-electron chi connectivity index (χ0n) is 10.0. The Balaban J connectivity index is -0.000000167. The molecule has 0 aliphatic heterocycles. The number of halogens is 1. The predicted octanol–water partition coefficient (Wildman–Crippen LogP) is -1.15. The molecular formula is C8H19ClN3Na. The molecule has 0 saturated heterocycles. The van der Waals surface area contributed by atoms with Gasteiger partial charge in [0, 0.05) is 12.1 Å². The van der Waals surface area contributed by atoms with Crippen molar-refractivity contribution in [1.82, 2.24) is 0 Å². The van der Waals surface area contributed by atoms with E-state index in [-0.39, 0.29) is 48.9 Å². The normalized spacial score (nSPS) is 8.92. The molecule has 0 rings (SSSR count). The van der Waals surface area contributed by atoms with Crippen molar-refractivity contribution in [2.75, 3.05) is 13.1 Å². The molecule has 0 aromatic heterocycles. The van der Waals surface area contributed by atoms with Crippen LogP contribution >= 0.6 is 12.4 Å². The number of aliphatic imine (C=N–C) groups is 2. The van der Waals surface area contributed by atoms with Crippen LogP contribution in [0.3, 0.4) is 0 Å². The van der Waals surface area contributed by atoms with Crippen molar-refractivity contribution in [3.05, 3.63) is 0 Å². The smallest absolute Gasteiger partial charge is 1.00 e. The Bertz CT molecular complexity index is 164. The standard InChI is InChI=1S/C8H17N3.ClH.Na.H/c1-4-10-7-11-6-5-8(2,3)9;;;/h4-6,9H2,1-3H3;1H;;/q;;+1;-1. The molecule has 0 fully saturated rings. The number of hydrogen-bond donors (Lipinski definition) is 1. The van der Waals surface area contributed by atoms with Crippen LogP contribution in [0.25, 0.3) is 0 Å². The summed E-state index contributed by atoms with van der Waals surface area (Å²) in [5.41, 5.74) is 5.60. The maximum Gasteiger partial charge on any atom is 1.00 e. The molecule has 0 aliphatic rings. The maximum atomic E-state index is 5.73. The van der Waals surface area contributed by atoms with Crippen LogP contribution in [0.2, 0.25) is 0 Å². The van der Waals surface area contributed by atoms with Gasteiger partial charge in [-0.15, -0.1) is 12.4 Å². The van der Waals surface area contributed by atoms with Gasteiger partial charge in [0.1, 0.15) is 0 Å². The van der Waals surface area contributed by atoms with E-state index in [1.54, 1.807) is 0 Å². The van der Waals surface area contributed by atoms with Crippen LogP contribution in [0.4, 0.5) is 0 Å². The largest absolute Gasteiger partial charge is 1.00 e. The van der Waals surface area contributed by atoms with E-state index >= 15 is 0 Å². The Labute approximate surface area is 110 Å². The van der Waals surface area contributed by atoms with Crippen LogP contribution in [0.5, 0.6) is 0 Å². The Morgan fingerprint density at radius 2 is 1.92 bits per heavy atom. The second-order valence-electron chi connectivity index (χ2n) is 3.19. The molecule has 0 heterocycles. The fourth-order valence-electron chi connectivity index (χ4n) is 0.515. The number of hydrogen-bond acceptors (Lipinski definition) is 3. The maximum absolute atomic E-state index is 5.73. The Morgan fingerprint density at radius 3 is 2.31 bits per heavy atom. The molecule has 13 heavy (non-hydrogen) atoms. The first-order chi connectivity index (χ1) is 5.06. The fourth-order valence-corrected chi connectivity index (χ4v) is 0.515. The van der Waals surface area contributed by atoms with Gasteiger partial charge in [-0.2, -0.15) is 0 Å². The molecule has 74 valence electrons. The molecule has 0 bridgehead atoms. The first-order valence-corrected chi connectivity index (χ1v) is 3.93. The van der Waals surface area contributed by atoms with Crippen LogP contribution in [-0.2, 0) is 0 Å². The molecule has 0 aromatic carbocycles. The third-order valence-corrected chi connectivity index (χ3v) is 1.17. The molecule has 0 atom stereocenters. The van der Waals surface area contributed by atoms with Crippen molar-refractivity contribution in [3.8, 4) is 0 Å².